The average molecular weight is 394 g/mol. The summed E-state index contributed by atoms with van der Waals surface area (Å²) in [4.78, 5) is 0. The summed E-state index contributed by atoms with van der Waals surface area (Å²) in [6, 6.07) is 7.04. The van der Waals surface area contributed by atoms with E-state index in [-0.39, 0.29) is 0 Å². The lowest BCUT2D eigenvalue weighted by atomic mass is 10.0. The third kappa shape index (κ3) is 3.44. The summed E-state index contributed by atoms with van der Waals surface area (Å²) < 4.78 is 2.53. The van der Waals surface area contributed by atoms with Crippen molar-refractivity contribution in [2.24, 2.45) is 5.92 Å². The van der Waals surface area contributed by atoms with Gasteiger partial charge in [-0.1, -0.05) is 28.8 Å². The minimum Gasteiger partial charge on any atom is -0.313 e. The number of hydrogen-bond acceptors (Lipinski definition) is 1. The molecular formula is C13H17BrIN. The summed E-state index contributed by atoms with van der Waals surface area (Å²) in [5.74, 6) is 1.01. The molecule has 1 unspecified atom stereocenters. The van der Waals surface area contributed by atoms with E-state index in [2.05, 4.69) is 69.1 Å². The third-order valence-corrected chi connectivity index (χ3v) is 4.72. The second-order valence-electron chi connectivity index (χ2n) is 4.53. The van der Waals surface area contributed by atoms with Crippen LogP contribution in [0.15, 0.2) is 22.7 Å². The molecule has 1 aliphatic carbocycles. The van der Waals surface area contributed by atoms with Gasteiger partial charge in [0.1, 0.15) is 0 Å². The van der Waals surface area contributed by atoms with E-state index in [1.54, 1.807) is 0 Å². The highest BCUT2D eigenvalue weighted by Gasteiger charge is 2.23. The maximum absolute atomic E-state index is 3.56. The zero-order valence-corrected chi connectivity index (χ0v) is 13.2. The first kappa shape index (κ1) is 12.8. The number of rotatable bonds is 5. The highest BCUT2D eigenvalue weighted by Crippen LogP contribution is 2.36. The molecule has 1 saturated carbocycles. The van der Waals surface area contributed by atoms with Crippen LogP contribution in [-0.4, -0.2) is 7.05 Å². The van der Waals surface area contributed by atoms with Gasteiger partial charge in [0.15, 0.2) is 0 Å². The molecule has 0 radical (unpaired) electrons. The van der Waals surface area contributed by atoms with E-state index in [1.807, 2.05) is 0 Å². The molecule has 1 atom stereocenters. The molecule has 1 aromatic carbocycles. The molecule has 1 N–H and O–H groups in total. The van der Waals surface area contributed by atoms with Gasteiger partial charge in [-0.3, -0.25) is 0 Å². The largest absolute Gasteiger partial charge is 0.313 e. The van der Waals surface area contributed by atoms with E-state index in [0.29, 0.717) is 6.04 Å². The molecule has 0 aliphatic heterocycles. The quantitative estimate of drug-likeness (QED) is 0.726. The molecule has 3 heteroatoms. The van der Waals surface area contributed by atoms with Gasteiger partial charge < -0.3 is 5.32 Å². The molecule has 2 rings (SSSR count). The molecule has 0 saturated heterocycles. The molecular weight excluding hydrogens is 377 g/mol. The lowest BCUT2D eigenvalue weighted by Crippen LogP contribution is -2.17. The molecule has 88 valence electrons. The minimum atomic E-state index is 0.505. The van der Waals surface area contributed by atoms with Gasteiger partial charge >= 0.3 is 0 Å². The Labute approximate surface area is 120 Å². The van der Waals surface area contributed by atoms with Gasteiger partial charge in [0.2, 0.25) is 0 Å². The fourth-order valence-corrected chi connectivity index (χ4v) is 3.14. The standard InChI is InChI=1S/C13H17BrIN/c1-16-13(7-4-9-2-3-9)11-8-10(14)5-6-12(11)15/h5-6,8-9,13,16H,2-4,7H2,1H3. The van der Waals surface area contributed by atoms with Crippen molar-refractivity contribution < 1.29 is 0 Å². The second-order valence-corrected chi connectivity index (χ2v) is 6.61. The number of halogens is 2. The summed E-state index contributed by atoms with van der Waals surface area (Å²) in [7, 11) is 2.06. The predicted octanol–water partition coefficient (Wildman–Crippen LogP) is 4.50. The Balaban J connectivity index is 2.07. The first-order valence-corrected chi connectivity index (χ1v) is 7.70. The summed E-state index contributed by atoms with van der Waals surface area (Å²) in [6.07, 6.45) is 5.53. The van der Waals surface area contributed by atoms with Crippen molar-refractivity contribution in [2.45, 2.75) is 31.7 Å². The van der Waals surface area contributed by atoms with E-state index < -0.39 is 0 Å². The van der Waals surface area contributed by atoms with Gasteiger partial charge in [-0.25, -0.2) is 0 Å². The highest BCUT2D eigenvalue weighted by atomic mass is 127. The zero-order valence-electron chi connectivity index (χ0n) is 9.47. The van der Waals surface area contributed by atoms with Crippen LogP contribution in [0.25, 0.3) is 0 Å². The maximum atomic E-state index is 3.56. The Bertz CT molecular complexity index is 363. The average Bonchev–Trinajstić information content (AvgIpc) is 3.07. The Morgan fingerprint density at radius 3 is 2.88 bits per heavy atom. The molecule has 0 spiro atoms. The van der Waals surface area contributed by atoms with E-state index in [0.717, 1.165) is 5.92 Å². The first-order valence-electron chi connectivity index (χ1n) is 5.83. The topological polar surface area (TPSA) is 12.0 Å². The Kier molecular flexibility index (Phi) is 4.67. The summed E-state index contributed by atoms with van der Waals surface area (Å²) in [6.45, 7) is 0. The van der Waals surface area contributed by atoms with Crippen LogP contribution >= 0.6 is 38.5 Å². The molecule has 0 aromatic heterocycles. The van der Waals surface area contributed by atoms with Crippen LogP contribution in [-0.2, 0) is 0 Å². The fourth-order valence-electron chi connectivity index (χ4n) is 2.05. The maximum Gasteiger partial charge on any atom is 0.0328 e. The lowest BCUT2D eigenvalue weighted by molar-refractivity contribution is 0.504. The molecule has 16 heavy (non-hydrogen) atoms. The minimum absolute atomic E-state index is 0.505. The van der Waals surface area contributed by atoms with Gasteiger partial charge in [0, 0.05) is 14.1 Å². The van der Waals surface area contributed by atoms with E-state index in [4.69, 9.17) is 0 Å². The molecule has 0 bridgehead atoms. The molecule has 1 aromatic rings. The second kappa shape index (κ2) is 5.83. The first-order chi connectivity index (χ1) is 7.70. The van der Waals surface area contributed by atoms with Gasteiger partial charge in [-0.2, -0.15) is 0 Å². The predicted molar refractivity (Wildman–Crippen MR) is 80.6 cm³/mol. The van der Waals surface area contributed by atoms with Crippen molar-refractivity contribution in [1.82, 2.24) is 5.32 Å². The Morgan fingerprint density at radius 2 is 2.25 bits per heavy atom. The van der Waals surface area contributed by atoms with Crippen LogP contribution in [0.4, 0.5) is 0 Å². The molecule has 1 aliphatic rings. The van der Waals surface area contributed by atoms with Gasteiger partial charge in [0.05, 0.1) is 0 Å². The fraction of sp³-hybridized carbons (Fsp3) is 0.538. The SMILES string of the molecule is CNC(CCC1CC1)c1cc(Br)ccc1I. The summed E-state index contributed by atoms with van der Waals surface area (Å²) in [5.41, 5.74) is 1.43. The molecule has 0 amide bonds. The van der Waals surface area contributed by atoms with Crippen molar-refractivity contribution >= 4 is 38.5 Å². The highest BCUT2D eigenvalue weighted by molar-refractivity contribution is 14.1. The zero-order chi connectivity index (χ0) is 11.5. The summed E-state index contributed by atoms with van der Waals surface area (Å²) >= 11 is 5.98. The van der Waals surface area contributed by atoms with Crippen molar-refractivity contribution in [3.63, 3.8) is 0 Å². The number of benzene rings is 1. The van der Waals surface area contributed by atoms with Crippen molar-refractivity contribution in [2.75, 3.05) is 7.05 Å². The summed E-state index contributed by atoms with van der Waals surface area (Å²) in [5, 5.41) is 3.44. The Morgan fingerprint density at radius 1 is 1.50 bits per heavy atom. The van der Waals surface area contributed by atoms with E-state index >= 15 is 0 Å². The molecule has 0 heterocycles. The van der Waals surface area contributed by atoms with Crippen LogP contribution in [0.3, 0.4) is 0 Å². The monoisotopic (exact) mass is 393 g/mol. The molecule has 1 fully saturated rings. The molecule has 1 nitrogen and oxygen atoms in total. The van der Waals surface area contributed by atoms with Crippen molar-refractivity contribution in [1.29, 1.82) is 0 Å². The van der Waals surface area contributed by atoms with Crippen LogP contribution in [0.2, 0.25) is 0 Å². The lowest BCUT2D eigenvalue weighted by Gasteiger charge is -2.18. The van der Waals surface area contributed by atoms with Crippen molar-refractivity contribution in [3.8, 4) is 0 Å². The Hall–Kier alpha value is 0.390. The van der Waals surface area contributed by atoms with Gasteiger partial charge in [-0.05, 0) is 72.2 Å². The van der Waals surface area contributed by atoms with E-state index in [9.17, 15) is 0 Å². The van der Waals surface area contributed by atoms with E-state index in [1.165, 1.54) is 39.3 Å². The van der Waals surface area contributed by atoms with Crippen LogP contribution in [0.5, 0.6) is 0 Å². The number of nitrogens with one attached hydrogen (secondary N) is 1. The third-order valence-electron chi connectivity index (χ3n) is 3.24. The van der Waals surface area contributed by atoms with Gasteiger partial charge in [0.25, 0.3) is 0 Å². The smallest absolute Gasteiger partial charge is 0.0328 e. The van der Waals surface area contributed by atoms with Crippen LogP contribution in [0.1, 0.15) is 37.3 Å². The van der Waals surface area contributed by atoms with Crippen LogP contribution in [0, 0.1) is 9.49 Å². The normalized spacial score (nSPS) is 17.4. The number of hydrogen-bond donors (Lipinski definition) is 1. The van der Waals surface area contributed by atoms with Crippen molar-refractivity contribution in [3.05, 3.63) is 31.8 Å². The van der Waals surface area contributed by atoms with Gasteiger partial charge in [-0.15, -0.1) is 0 Å². The van der Waals surface area contributed by atoms with Crippen LogP contribution < -0.4 is 5.32 Å².